The largest absolute Gasteiger partial charge is 0.322 e. The molecule has 0 spiro atoms. The van der Waals surface area contributed by atoms with Gasteiger partial charge in [-0.25, -0.2) is 0 Å². The Hall–Kier alpha value is -3.20. The summed E-state index contributed by atoms with van der Waals surface area (Å²) in [6, 6.07) is 13.7. The number of amides is 1. The van der Waals surface area contributed by atoms with Crippen LogP contribution in [0.4, 0.5) is 11.4 Å². The Bertz CT molecular complexity index is 824. The monoisotopic (exact) mass is 323 g/mol. The van der Waals surface area contributed by atoms with Gasteiger partial charge in [0, 0.05) is 29.3 Å². The number of nitro benzene ring substituents is 1. The lowest BCUT2D eigenvalue weighted by molar-refractivity contribution is -0.385. The quantitative estimate of drug-likeness (QED) is 0.659. The third-order valence-corrected chi connectivity index (χ3v) is 3.78. The summed E-state index contributed by atoms with van der Waals surface area (Å²) in [5, 5.41) is 22.4. The molecule has 0 aromatic heterocycles. The molecule has 0 aliphatic carbocycles. The van der Waals surface area contributed by atoms with E-state index in [-0.39, 0.29) is 17.5 Å². The molecule has 0 heterocycles. The van der Waals surface area contributed by atoms with Crippen molar-refractivity contribution in [2.45, 2.75) is 26.2 Å². The van der Waals surface area contributed by atoms with E-state index in [0.717, 1.165) is 5.56 Å². The number of nitro groups is 1. The number of carbonyl (C=O) groups is 1. The molecule has 0 saturated heterocycles. The molecule has 0 saturated carbocycles. The zero-order valence-corrected chi connectivity index (χ0v) is 13.4. The standard InChI is InChI=1S/C18H17N3O3/c1-12(8-9-19)14-4-3-5-15(10-14)18(22)20-16-7-6-13(2)17(11-16)21(23)24/h3-7,10-12H,8H2,1-2H3,(H,20,22). The zero-order chi connectivity index (χ0) is 17.7. The van der Waals surface area contributed by atoms with Crippen LogP contribution >= 0.6 is 0 Å². The van der Waals surface area contributed by atoms with Crippen molar-refractivity contribution < 1.29 is 9.72 Å². The van der Waals surface area contributed by atoms with Crippen LogP contribution in [0.3, 0.4) is 0 Å². The van der Waals surface area contributed by atoms with Gasteiger partial charge in [-0.15, -0.1) is 0 Å². The number of aryl methyl sites for hydroxylation is 1. The molecule has 0 bridgehead atoms. The highest BCUT2D eigenvalue weighted by Crippen LogP contribution is 2.23. The second kappa shape index (κ2) is 7.38. The normalized spacial score (nSPS) is 11.4. The summed E-state index contributed by atoms with van der Waals surface area (Å²) in [4.78, 5) is 22.9. The molecule has 2 aromatic rings. The summed E-state index contributed by atoms with van der Waals surface area (Å²) < 4.78 is 0. The third kappa shape index (κ3) is 3.96. The average molecular weight is 323 g/mol. The first-order chi connectivity index (χ1) is 11.4. The molecule has 6 heteroatoms. The van der Waals surface area contributed by atoms with E-state index in [2.05, 4.69) is 11.4 Å². The molecule has 1 N–H and O–H groups in total. The van der Waals surface area contributed by atoms with Gasteiger partial charge in [0.2, 0.25) is 0 Å². The Balaban J connectivity index is 2.22. The number of rotatable bonds is 5. The fourth-order valence-corrected chi connectivity index (χ4v) is 2.33. The van der Waals surface area contributed by atoms with Gasteiger partial charge in [-0.2, -0.15) is 5.26 Å². The third-order valence-electron chi connectivity index (χ3n) is 3.78. The number of hydrogen-bond acceptors (Lipinski definition) is 4. The van der Waals surface area contributed by atoms with Gasteiger partial charge >= 0.3 is 0 Å². The number of anilines is 1. The van der Waals surface area contributed by atoms with Crippen molar-refractivity contribution in [2.75, 3.05) is 5.32 Å². The molecular weight excluding hydrogens is 306 g/mol. The molecular formula is C18H17N3O3. The van der Waals surface area contributed by atoms with E-state index >= 15 is 0 Å². The summed E-state index contributed by atoms with van der Waals surface area (Å²) in [5.41, 5.74) is 2.21. The first-order valence-electron chi connectivity index (χ1n) is 7.45. The minimum atomic E-state index is -0.477. The molecule has 2 rings (SSSR count). The van der Waals surface area contributed by atoms with Gasteiger partial charge in [0.1, 0.15) is 0 Å². The van der Waals surface area contributed by atoms with Gasteiger partial charge in [0.15, 0.2) is 0 Å². The van der Waals surface area contributed by atoms with E-state index in [0.29, 0.717) is 23.2 Å². The van der Waals surface area contributed by atoms with Crippen LogP contribution in [0.15, 0.2) is 42.5 Å². The average Bonchev–Trinajstić information content (AvgIpc) is 2.56. The second-order valence-corrected chi connectivity index (χ2v) is 5.60. The predicted molar refractivity (Wildman–Crippen MR) is 90.9 cm³/mol. The van der Waals surface area contributed by atoms with Crippen LogP contribution in [0.25, 0.3) is 0 Å². The van der Waals surface area contributed by atoms with Gasteiger partial charge in [0.05, 0.1) is 11.0 Å². The highest BCUT2D eigenvalue weighted by Gasteiger charge is 2.14. The van der Waals surface area contributed by atoms with Crippen molar-refractivity contribution in [3.63, 3.8) is 0 Å². The fraction of sp³-hybridized carbons (Fsp3) is 0.222. The summed E-state index contributed by atoms with van der Waals surface area (Å²) in [5.74, 6) is -0.317. The lowest BCUT2D eigenvalue weighted by Crippen LogP contribution is -2.12. The topological polar surface area (TPSA) is 96.0 Å². The lowest BCUT2D eigenvalue weighted by atomic mass is 9.96. The number of nitrogens with zero attached hydrogens (tertiary/aromatic N) is 2. The number of nitriles is 1. The van der Waals surface area contributed by atoms with Gasteiger partial charge in [0.25, 0.3) is 11.6 Å². The van der Waals surface area contributed by atoms with E-state index in [4.69, 9.17) is 5.26 Å². The number of hydrogen-bond donors (Lipinski definition) is 1. The minimum Gasteiger partial charge on any atom is -0.322 e. The molecule has 6 nitrogen and oxygen atoms in total. The van der Waals surface area contributed by atoms with Crippen LogP contribution in [0.2, 0.25) is 0 Å². The predicted octanol–water partition coefficient (Wildman–Crippen LogP) is 4.17. The molecule has 24 heavy (non-hydrogen) atoms. The molecule has 0 radical (unpaired) electrons. The van der Waals surface area contributed by atoms with Gasteiger partial charge in [-0.1, -0.05) is 25.1 Å². The van der Waals surface area contributed by atoms with Crippen LogP contribution in [-0.4, -0.2) is 10.8 Å². The smallest absolute Gasteiger partial charge is 0.274 e. The number of benzene rings is 2. The molecule has 0 fully saturated rings. The maximum atomic E-state index is 12.4. The van der Waals surface area contributed by atoms with Gasteiger partial charge in [-0.05, 0) is 36.6 Å². The Morgan fingerprint density at radius 2 is 2.08 bits per heavy atom. The van der Waals surface area contributed by atoms with Crippen molar-refractivity contribution in [3.05, 3.63) is 69.3 Å². The Kier molecular flexibility index (Phi) is 5.27. The zero-order valence-electron chi connectivity index (χ0n) is 13.4. The molecule has 0 aliphatic rings. The van der Waals surface area contributed by atoms with E-state index in [1.54, 1.807) is 37.3 Å². The van der Waals surface area contributed by atoms with Crippen LogP contribution in [0.5, 0.6) is 0 Å². The van der Waals surface area contributed by atoms with Crippen LogP contribution in [0.1, 0.15) is 40.7 Å². The van der Waals surface area contributed by atoms with E-state index in [9.17, 15) is 14.9 Å². The van der Waals surface area contributed by atoms with Crippen LogP contribution in [-0.2, 0) is 0 Å². The SMILES string of the molecule is Cc1ccc(NC(=O)c2cccc(C(C)CC#N)c2)cc1[N+](=O)[O-]. The maximum absolute atomic E-state index is 12.4. The number of nitrogens with one attached hydrogen (secondary N) is 1. The molecule has 122 valence electrons. The highest BCUT2D eigenvalue weighted by atomic mass is 16.6. The molecule has 0 aliphatic heterocycles. The summed E-state index contributed by atoms with van der Waals surface area (Å²) >= 11 is 0. The Labute approximate surface area is 139 Å². The fourth-order valence-electron chi connectivity index (χ4n) is 2.33. The maximum Gasteiger partial charge on any atom is 0.274 e. The van der Waals surface area contributed by atoms with Crippen molar-refractivity contribution in [1.29, 1.82) is 5.26 Å². The lowest BCUT2D eigenvalue weighted by Gasteiger charge is -2.10. The summed E-state index contributed by atoms with van der Waals surface area (Å²) in [6.45, 7) is 3.56. The van der Waals surface area contributed by atoms with Crippen molar-refractivity contribution >= 4 is 17.3 Å². The molecule has 1 unspecified atom stereocenters. The summed E-state index contributed by atoms with van der Waals surface area (Å²) in [7, 11) is 0. The first-order valence-corrected chi connectivity index (χ1v) is 7.45. The van der Waals surface area contributed by atoms with Gasteiger partial charge in [-0.3, -0.25) is 14.9 Å². The Morgan fingerprint density at radius 3 is 2.75 bits per heavy atom. The minimum absolute atomic E-state index is 0.0308. The highest BCUT2D eigenvalue weighted by molar-refractivity contribution is 6.04. The van der Waals surface area contributed by atoms with Crippen molar-refractivity contribution in [2.24, 2.45) is 0 Å². The van der Waals surface area contributed by atoms with E-state index < -0.39 is 4.92 Å². The van der Waals surface area contributed by atoms with E-state index in [1.165, 1.54) is 6.07 Å². The summed E-state index contributed by atoms with van der Waals surface area (Å²) in [6.07, 6.45) is 0.370. The molecule has 2 aromatic carbocycles. The van der Waals surface area contributed by atoms with E-state index in [1.807, 2.05) is 13.0 Å². The first kappa shape index (κ1) is 17.2. The molecule has 1 atom stereocenters. The van der Waals surface area contributed by atoms with Crippen molar-refractivity contribution in [3.8, 4) is 6.07 Å². The van der Waals surface area contributed by atoms with Crippen LogP contribution in [0, 0.1) is 28.4 Å². The van der Waals surface area contributed by atoms with Gasteiger partial charge < -0.3 is 5.32 Å². The van der Waals surface area contributed by atoms with Crippen LogP contribution < -0.4 is 5.32 Å². The number of carbonyl (C=O) groups excluding carboxylic acids is 1. The second-order valence-electron chi connectivity index (χ2n) is 5.60. The Morgan fingerprint density at radius 1 is 1.33 bits per heavy atom. The molecule has 1 amide bonds. The van der Waals surface area contributed by atoms with Crippen molar-refractivity contribution in [1.82, 2.24) is 0 Å².